The zero-order chi connectivity index (χ0) is 7.33. The number of nitrogens with two attached hydrogens (primary N) is 1. The van der Waals surface area contributed by atoms with Crippen molar-refractivity contribution in [3.05, 3.63) is 12.7 Å². The molecule has 0 aliphatic rings. The van der Waals surface area contributed by atoms with Crippen LogP contribution in [0.3, 0.4) is 0 Å². The molecule has 0 aliphatic heterocycles. The first-order chi connectivity index (χ1) is 4.12. The Kier molecular flexibility index (Phi) is 3.73. The van der Waals surface area contributed by atoms with Crippen LogP contribution < -0.4 is 5.50 Å². The van der Waals surface area contributed by atoms with E-state index in [9.17, 15) is 4.57 Å². The molecule has 5 heteroatoms. The van der Waals surface area contributed by atoms with Crippen LogP contribution in [-0.2, 0) is 13.6 Å². The van der Waals surface area contributed by atoms with Crippen LogP contribution in [0.1, 0.15) is 0 Å². The molecule has 0 saturated heterocycles. The Morgan fingerprint density at radius 2 is 2.44 bits per heavy atom. The van der Waals surface area contributed by atoms with Gasteiger partial charge in [0, 0.05) is 7.11 Å². The summed E-state index contributed by atoms with van der Waals surface area (Å²) in [7, 11) is -2.04. The van der Waals surface area contributed by atoms with Gasteiger partial charge >= 0.3 is 7.75 Å². The fourth-order valence-electron chi connectivity index (χ4n) is 0.209. The van der Waals surface area contributed by atoms with Crippen molar-refractivity contribution >= 4 is 7.75 Å². The molecule has 0 spiro atoms. The summed E-state index contributed by atoms with van der Waals surface area (Å²) in [5.41, 5.74) is 4.97. The fraction of sp³-hybridized carbons (Fsp3) is 0.500. The molecule has 0 radical (unpaired) electrons. The van der Waals surface area contributed by atoms with Crippen molar-refractivity contribution in [2.45, 2.75) is 0 Å². The highest BCUT2D eigenvalue weighted by atomic mass is 31.2. The molecule has 0 aromatic rings. The van der Waals surface area contributed by atoms with E-state index < -0.39 is 7.75 Å². The third kappa shape index (κ3) is 4.36. The summed E-state index contributed by atoms with van der Waals surface area (Å²) in [6.45, 7) is 3.48. The van der Waals surface area contributed by atoms with Gasteiger partial charge in [-0.25, -0.2) is 10.1 Å². The van der Waals surface area contributed by atoms with Gasteiger partial charge in [-0.3, -0.25) is 4.52 Å². The Labute approximate surface area is 54.2 Å². The Bertz CT molecular complexity index is 136. The van der Waals surface area contributed by atoms with Gasteiger partial charge in [-0.15, -0.1) is 6.58 Å². The largest absolute Gasteiger partial charge is 0.402 e. The smallest absolute Gasteiger partial charge is 0.300 e. The average molecular weight is 151 g/mol. The van der Waals surface area contributed by atoms with Crippen molar-refractivity contribution in [2.24, 2.45) is 5.50 Å². The number of hydrogen-bond acceptors (Lipinski definition) is 3. The highest BCUT2D eigenvalue weighted by molar-refractivity contribution is 7.51. The van der Waals surface area contributed by atoms with E-state index in [-0.39, 0.29) is 6.61 Å². The second-order valence-electron chi connectivity index (χ2n) is 1.31. The molecule has 0 aliphatic carbocycles. The molecule has 0 bridgehead atoms. The summed E-state index contributed by atoms with van der Waals surface area (Å²) in [6, 6.07) is 0. The quantitative estimate of drug-likeness (QED) is 0.479. The normalized spacial score (nSPS) is 16.7. The van der Waals surface area contributed by atoms with Crippen LogP contribution in [0.15, 0.2) is 12.7 Å². The molecule has 1 unspecified atom stereocenters. The molecule has 0 aromatic heterocycles. The molecule has 0 fully saturated rings. The fourth-order valence-corrected chi connectivity index (χ4v) is 0.628. The van der Waals surface area contributed by atoms with E-state index in [1.807, 2.05) is 0 Å². The maximum atomic E-state index is 10.6. The SMILES string of the molecule is C=CCOP(N)(=O)OC. The lowest BCUT2D eigenvalue weighted by molar-refractivity contribution is 0.255. The van der Waals surface area contributed by atoms with E-state index in [1.54, 1.807) is 0 Å². The maximum absolute atomic E-state index is 10.6. The second-order valence-corrected chi connectivity index (χ2v) is 3.01. The van der Waals surface area contributed by atoms with Gasteiger partial charge in [0.25, 0.3) is 0 Å². The molecular weight excluding hydrogens is 141 g/mol. The highest BCUT2D eigenvalue weighted by Crippen LogP contribution is 2.37. The maximum Gasteiger partial charge on any atom is 0.402 e. The molecule has 2 N–H and O–H groups in total. The van der Waals surface area contributed by atoms with Crippen molar-refractivity contribution < 1.29 is 13.6 Å². The summed E-state index contributed by atoms with van der Waals surface area (Å²) >= 11 is 0. The van der Waals surface area contributed by atoms with Gasteiger partial charge in [0.1, 0.15) is 0 Å². The highest BCUT2D eigenvalue weighted by Gasteiger charge is 2.12. The first-order valence-corrected chi connectivity index (χ1v) is 3.93. The summed E-state index contributed by atoms with van der Waals surface area (Å²) in [5, 5.41) is 0. The van der Waals surface area contributed by atoms with Crippen molar-refractivity contribution in [2.75, 3.05) is 13.7 Å². The minimum Gasteiger partial charge on any atom is -0.300 e. The third-order valence-electron chi connectivity index (χ3n) is 0.627. The van der Waals surface area contributed by atoms with Crippen molar-refractivity contribution in [3.63, 3.8) is 0 Å². The van der Waals surface area contributed by atoms with Gasteiger partial charge in [-0.1, -0.05) is 6.08 Å². The molecule has 0 aromatic carbocycles. The summed E-state index contributed by atoms with van der Waals surface area (Å²) in [6.07, 6.45) is 1.44. The molecule has 0 amide bonds. The summed E-state index contributed by atoms with van der Waals surface area (Å²) in [5.74, 6) is 0. The van der Waals surface area contributed by atoms with Gasteiger partial charge in [0.2, 0.25) is 0 Å². The molecule has 0 heterocycles. The monoisotopic (exact) mass is 151 g/mol. The van der Waals surface area contributed by atoms with Gasteiger partial charge in [0.15, 0.2) is 0 Å². The molecule has 9 heavy (non-hydrogen) atoms. The van der Waals surface area contributed by atoms with Crippen LogP contribution in [0.4, 0.5) is 0 Å². The van der Waals surface area contributed by atoms with Crippen LogP contribution >= 0.6 is 7.75 Å². The minimum atomic E-state index is -3.26. The van der Waals surface area contributed by atoms with E-state index in [1.165, 1.54) is 13.2 Å². The Morgan fingerprint density at radius 1 is 1.89 bits per heavy atom. The Balaban J connectivity index is 3.58. The van der Waals surface area contributed by atoms with Gasteiger partial charge in [0.05, 0.1) is 6.61 Å². The van der Waals surface area contributed by atoms with Crippen molar-refractivity contribution in [1.82, 2.24) is 0 Å². The topological polar surface area (TPSA) is 61.5 Å². The average Bonchev–Trinajstić information content (AvgIpc) is 1.84. The molecule has 1 atom stereocenters. The van der Waals surface area contributed by atoms with Crippen LogP contribution in [0, 0.1) is 0 Å². The Morgan fingerprint density at radius 3 is 2.78 bits per heavy atom. The lowest BCUT2D eigenvalue weighted by Gasteiger charge is -2.07. The third-order valence-corrected chi connectivity index (χ3v) is 1.64. The van der Waals surface area contributed by atoms with E-state index >= 15 is 0 Å². The minimum absolute atomic E-state index is 0.140. The molecular formula is C4H10NO3P. The first-order valence-electron chi connectivity index (χ1n) is 2.32. The number of hydrogen-bond donors (Lipinski definition) is 1. The van der Waals surface area contributed by atoms with E-state index in [0.717, 1.165) is 0 Å². The van der Waals surface area contributed by atoms with Crippen LogP contribution in [-0.4, -0.2) is 13.7 Å². The van der Waals surface area contributed by atoms with Crippen LogP contribution in [0.25, 0.3) is 0 Å². The molecule has 4 nitrogen and oxygen atoms in total. The van der Waals surface area contributed by atoms with Crippen LogP contribution in [0.2, 0.25) is 0 Å². The zero-order valence-electron chi connectivity index (χ0n) is 5.24. The van der Waals surface area contributed by atoms with Crippen molar-refractivity contribution in [3.8, 4) is 0 Å². The summed E-state index contributed by atoms with van der Waals surface area (Å²) in [4.78, 5) is 0. The predicted molar refractivity (Wildman–Crippen MR) is 35.0 cm³/mol. The lowest BCUT2D eigenvalue weighted by Crippen LogP contribution is -2.00. The first kappa shape index (κ1) is 8.85. The molecule has 54 valence electrons. The van der Waals surface area contributed by atoms with Gasteiger partial charge in [-0.2, -0.15) is 0 Å². The van der Waals surface area contributed by atoms with Crippen LogP contribution in [0.5, 0.6) is 0 Å². The molecule has 0 rings (SSSR count). The summed E-state index contributed by atoms with van der Waals surface area (Å²) < 4.78 is 19.5. The second kappa shape index (κ2) is 3.80. The standard InChI is InChI=1S/C4H10NO3P/c1-3-4-8-9(5,6)7-2/h3H,1,4H2,2H3,(H2,5,6). The lowest BCUT2D eigenvalue weighted by atomic mass is 10.7. The van der Waals surface area contributed by atoms with Crippen molar-refractivity contribution in [1.29, 1.82) is 0 Å². The Hall–Kier alpha value is -0.150. The predicted octanol–water partition coefficient (Wildman–Crippen LogP) is 0.902. The molecule has 0 saturated carbocycles. The zero-order valence-corrected chi connectivity index (χ0v) is 6.14. The van der Waals surface area contributed by atoms with Gasteiger partial charge < -0.3 is 4.52 Å². The number of rotatable bonds is 4. The van der Waals surface area contributed by atoms with Gasteiger partial charge in [-0.05, 0) is 0 Å². The van der Waals surface area contributed by atoms with E-state index in [4.69, 9.17) is 5.50 Å². The van der Waals surface area contributed by atoms with E-state index in [2.05, 4.69) is 15.6 Å². The van der Waals surface area contributed by atoms with E-state index in [0.29, 0.717) is 0 Å².